The third-order valence-electron chi connectivity index (χ3n) is 4.20. The van der Waals surface area contributed by atoms with Crippen LogP contribution in [0.4, 0.5) is 5.88 Å². The van der Waals surface area contributed by atoms with Crippen LogP contribution >= 0.6 is 0 Å². The molecule has 0 spiro atoms. The molecule has 0 atom stereocenters. The minimum Gasteiger partial charge on any atom is -0.342 e. The topological polar surface area (TPSA) is 81.9 Å². The maximum absolute atomic E-state index is 12.1. The van der Waals surface area contributed by atoms with E-state index in [9.17, 15) is 9.59 Å². The highest BCUT2D eigenvalue weighted by Gasteiger charge is 2.22. The van der Waals surface area contributed by atoms with E-state index in [1.165, 1.54) is 0 Å². The number of hydrogen-bond donors (Lipinski definition) is 1. The Morgan fingerprint density at radius 3 is 2.25 bits per heavy atom. The van der Waals surface area contributed by atoms with Crippen LogP contribution in [-0.2, 0) is 9.59 Å². The molecule has 0 aliphatic carbocycles. The summed E-state index contributed by atoms with van der Waals surface area (Å²) in [4.78, 5) is 30.2. The molecule has 1 aliphatic heterocycles. The van der Waals surface area contributed by atoms with Crippen LogP contribution in [0.25, 0.3) is 0 Å². The van der Waals surface area contributed by atoms with Crippen molar-refractivity contribution in [2.24, 2.45) is 0 Å². The van der Waals surface area contributed by atoms with E-state index in [0.29, 0.717) is 19.0 Å². The van der Waals surface area contributed by atoms with Crippen LogP contribution in [-0.4, -0.2) is 84.0 Å². The summed E-state index contributed by atoms with van der Waals surface area (Å²) in [6, 6.07) is 1.69. The van der Waals surface area contributed by atoms with Gasteiger partial charge in [0, 0.05) is 45.3 Å². The number of carbonyl (C=O) groups is 2. The summed E-state index contributed by atoms with van der Waals surface area (Å²) in [5.74, 6) is 0.437. The fourth-order valence-corrected chi connectivity index (χ4v) is 2.78. The second-order valence-electron chi connectivity index (χ2n) is 6.00. The maximum atomic E-state index is 12.1. The predicted molar refractivity (Wildman–Crippen MR) is 90.7 cm³/mol. The van der Waals surface area contributed by atoms with E-state index in [1.54, 1.807) is 13.0 Å². The summed E-state index contributed by atoms with van der Waals surface area (Å²) >= 11 is 0. The van der Waals surface area contributed by atoms with Crippen molar-refractivity contribution in [1.82, 2.24) is 19.9 Å². The first-order valence-corrected chi connectivity index (χ1v) is 8.47. The number of likely N-dealkylation sites (N-methyl/N-ethyl adjacent to an activating group) is 1. The molecule has 8 heteroatoms. The van der Waals surface area contributed by atoms with E-state index in [0.717, 1.165) is 45.0 Å². The summed E-state index contributed by atoms with van der Waals surface area (Å²) in [5, 5.41) is 6.44. The number of aromatic nitrogens is 1. The lowest BCUT2D eigenvalue weighted by atomic mass is 10.3. The Kier molecular flexibility index (Phi) is 6.74. The van der Waals surface area contributed by atoms with Gasteiger partial charge in [-0.3, -0.25) is 24.7 Å². The smallest absolute Gasteiger partial charge is 0.240 e. The molecule has 8 nitrogen and oxygen atoms in total. The first-order chi connectivity index (χ1) is 11.5. The van der Waals surface area contributed by atoms with Gasteiger partial charge in [0.2, 0.25) is 17.7 Å². The maximum Gasteiger partial charge on any atom is 0.240 e. The van der Waals surface area contributed by atoms with E-state index in [1.807, 2.05) is 18.7 Å². The summed E-state index contributed by atoms with van der Waals surface area (Å²) in [6.45, 7) is 11.2. The van der Waals surface area contributed by atoms with Crippen LogP contribution in [0.2, 0.25) is 0 Å². The summed E-state index contributed by atoms with van der Waals surface area (Å²) < 4.78 is 4.98. The van der Waals surface area contributed by atoms with Gasteiger partial charge in [0.15, 0.2) is 0 Å². The van der Waals surface area contributed by atoms with E-state index < -0.39 is 0 Å². The third-order valence-corrected chi connectivity index (χ3v) is 4.20. The van der Waals surface area contributed by atoms with Gasteiger partial charge in [-0.1, -0.05) is 5.16 Å². The number of hydrogen-bond acceptors (Lipinski definition) is 6. The van der Waals surface area contributed by atoms with E-state index in [4.69, 9.17) is 4.52 Å². The van der Waals surface area contributed by atoms with Gasteiger partial charge in [0.25, 0.3) is 0 Å². The number of rotatable bonds is 7. The van der Waals surface area contributed by atoms with Crippen LogP contribution in [0.5, 0.6) is 0 Å². The molecule has 0 saturated carbocycles. The molecule has 134 valence electrons. The van der Waals surface area contributed by atoms with Crippen molar-refractivity contribution in [3.8, 4) is 0 Å². The Morgan fingerprint density at radius 1 is 1.17 bits per heavy atom. The molecule has 2 heterocycles. The largest absolute Gasteiger partial charge is 0.342 e. The Bertz CT molecular complexity index is 548. The highest BCUT2D eigenvalue weighted by Crippen LogP contribution is 2.09. The number of carbonyl (C=O) groups excluding carboxylic acids is 2. The zero-order valence-corrected chi connectivity index (χ0v) is 14.7. The predicted octanol–water partition coefficient (Wildman–Crippen LogP) is 0.408. The lowest BCUT2D eigenvalue weighted by molar-refractivity contribution is -0.132. The molecule has 0 aromatic carbocycles. The van der Waals surface area contributed by atoms with Crippen molar-refractivity contribution in [2.75, 3.05) is 57.7 Å². The molecule has 1 aromatic rings. The average molecular weight is 337 g/mol. The standard InChI is InChI=1S/C16H27N5O3/c1-4-21(5-2)16(23)12-20-8-6-19(7-9-20)11-14(22)17-15-10-13(3)18-24-15/h10H,4-9,11-12H2,1-3H3,(H,17,22). The number of anilines is 1. The van der Waals surface area contributed by atoms with Crippen molar-refractivity contribution in [3.63, 3.8) is 0 Å². The second kappa shape index (κ2) is 8.79. The average Bonchev–Trinajstić information content (AvgIpc) is 2.95. The summed E-state index contributed by atoms with van der Waals surface area (Å²) in [6.07, 6.45) is 0. The van der Waals surface area contributed by atoms with E-state index in [2.05, 4.69) is 20.3 Å². The summed E-state index contributed by atoms with van der Waals surface area (Å²) in [7, 11) is 0. The van der Waals surface area contributed by atoms with Crippen molar-refractivity contribution in [2.45, 2.75) is 20.8 Å². The first-order valence-electron chi connectivity index (χ1n) is 8.47. The van der Waals surface area contributed by atoms with Crippen molar-refractivity contribution < 1.29 is 14.1 Å². The fraction of sp³-hybridized carbons (Fsp3) is 0.688. The molecule has 24 heavy (non-hydrogen) atoms. The van der Waals surface area contributed by atoms with Gasteiger partial charge in [-0.05, 0) is 20.8 Å². The normalized spacial score (nSPS) is 16.1. The van der Waals surface area contributed by atoms with Gasteiger partial charge < -0.3 is 9.42 Å². The van der Waals surface area contributed by atoms with Crippen LogP contribution in [0.3, 0.4) is 0 Å². The third kappa shape index (κ3) is 5.31. The molecule has 1 N–H and O–H groups in total. The number of nitrogens with one attached hydrogen (secondary N) is 1. The summed E-state index contributed by atoms with van der Waals surface area (Å²) in [5.41, 5.74) is 0.733. The van der Waals surface area contributed by atoms with Crippen LogP contribution in [0.1, 0.15) is 19.5 Å². The zero-order valence-electron chi connectivity index (χ0n) is 14.7. The molecule has 0 bridgehead atoms. The molecule has 1 aliphatic rings. The lowest BCUT2D eigenvalue weighted by Crippen LogP contribution is -2.51. The van der Waals surface area contributed by atoms with E-state index in [-0.39, 0.29) is 11.8 Å². The molecule has 0 radical (unpaired) electrons. The second-order valence-corrected chi connectivity index (χ2v) is 6.00. The van der Waals surface area contributed by atoms with Gasteiger partial charge in [0.05, 0.1) is 18.8 Å². The van der Waals surface area contributed by atoms with Crippen molar-refractivity contribution in [3.05, 3.63) is 11.8 Å². The number of aryl methyl sites for hydroxylation is 1. The molecule has 1 fully saturated rings. The monoisotopic (exact) mass is 337 g/mol. The quantitative estimate of drug-likeness (QED) is 0.776. The lowest BCUT2D eigenvalue weighted by Gasteiger charge is -2.34. The number of piperazine rings is 1. The zero-order chi connectivity index (χ0) is 17.5. The molecular formula is C16H27N5O3. The van der Waals surface area contributed by atoms with Gasteiger partial charge in [0.1, 0.15) is 0 Å². The highest BCUT2D eigenvalue weighted by molar-refractivity contribution is 5.90. The Balaban J connectivity index is 1.70. The molecule has 2 amide bonds. The minimum atomic E-state index is -0.112. The van der Waals surface area contributed by atoms with Gasteiger partial charge >= 0.3 is 0 Å². The SMILES string of the molecule is CCN(CC)C(=O)CN1CCN(CC(=O)Nc2cc(C)no2)CC1. The molecule has 0 unspecified atom stereocenters. The Morgan fingerprint density at radius 2 is 1.75 bits per heavy atom. The van der Waals surface area contributed by atoms with Crippen molar-refractivity contribution >= 4 is 17.7 Å². The van der Waals surface area contributed by atoms with Crippen LogP contribution in [0, 0.1) is 6.92 Å². The van der Waals surface area contributed by atoms with Crippen LogP contribution in [0.15, 0.2) is 10.6 Å². The fourth-order valence-electron chi connectivity index (χ4n) is 2.78. The Labute approximate surface area is 142 Å². The van der Waals surface area contributed by atoms with Crippen LogP contribution < -0.4 is 5.32 Å². The number of nitrogens with zero attached hydrogens (tertiary/aromatic N) is 4. The Hall–Kier alpha value is -1.93. The highest BCUT2D eigenvalue weighted by atomic mass is 16.5. The molecule has 1 saturated heterocycles. The van der Waals surface area contributed by atoms with E-state index >= 15 is 0 Å². The van der Waals surface area contributed by atoms with Gasteiger partial charge in [-0.2, -0.15) is 0 Å². The number of amides is 2. The van der Waals surface area contributed by atoms with Crippen molar-refractivity contribution in [1.29, 1.82) is 0 Å². The van der Waals surface area contributed by atoms with Gasteiger partial charge in [-0.25, -0.2) is 0 Å². The minimum absolute atomic E-state index is 0.112. The molecular weight excluding hydrogens is 310 g/mol. The van der Waals surface area contributed by atoms with Gasteiger partial charge in [-0.15, -0.1) is 0 Å². The molecule has 1 aromatic heterocycles. The molecule has 2 rings (SSSR count). The first kappa shape index (κ1) is 18.4.